The van der Waals surface area contributed by atoms with Crippen LogP contribution in [0.3, 0.4) is 0 Å². The molecule has 6 heteroatoms. The average Bonchev–Trinajstić information content (AvgIpc) is 2.50. The summed E-state index contributed by atoms with van der Waals surface area (Å²) < 4.78 is 5.08. The van der Waals surface area contributed by atoms with Gasteiger partial charge in [-0.2, -0.15) is 5.10 Å². The number of para-hydroxylation sites is 1. The van der Waals surface area contributed by atoms with Crippen molar-refractivity contribution in [3.63, 3.8) is 0 Å². The van der Waals surface area contributed by atoms with E-state index in [2.05, 4.69) is 15.8 Å². The van der Waals surface area contributed by atoms with Crippen LogP contribution in [0.4, 0.5) is 5.69 Å². The first kappa shape index (κ1) is 14.8. The molecule has 0 aliphatic rings. The predicted molar refractivity (Wildman–Crippen MR) is 88.1 cm³/mol. The normalized spacial score (nSPS) is 10.3. The minimum absolute atomic E-state index is 0.114. The lowest BCUT2D eigenvalue weighted by atomic mass is 10.2. The molecular formula is C15H15N3O2S. The summed E-state index contributed by atoms with van der Waals surface area (Å²) in [6.45, 7) is 0. The van der Waals surface area contributed by atoms with Crippen LogP contribution in [0.1, 0.15) is 5.56 Å². The highest BCUT2D eigenvalue weighted by Crippen LogP contribution is 2.20. The zero-order chi connectivity index (χ0) is 15.1. The van der Waals surface area contributed by atoms with Gasteiger partial charge in [0.1, 0.15) is 11.5 Å². The number of benzene rings is 2. The van der Waals surface area contributed by atoms with Gasteiger partial charge in [-0.3, -0.25) is 5.43 Å². The van der Waals surface area contributed by atoms with Crippen LogP contribution in [0.15, 0.2) is 53.6 Å². The number of anilines is 1. The molecular weight excluding hydrogens is 286 g/mol. The van der Waals surface area contributed by atoms with Crippen LogP contribution in [0.2, 0.25) is 0 Å². The molecule has 0 aliphatic carbocycles. The molecule has 2 aromatic rings. The molecule has 3 N–H and O–H groups in total. The Labute approximate surface area is 128 Å². The number of methoxy groups -OCH3 is 1. The molecule has 2 rings (SSSR count). The largest absolute Gasteiger partial charge is 0.507 e. The Morgan fingerprint density at radius 3 is 2.71 bits per heavy atom. The van der Waals surface area contributed by atoms with E-state index in [9.17, 15) is 5.11 Å². The molecule has 0 aromatic heterocycles. The highest BCUT2D eigenvalue weighted by molar-refractivity contribution is 7.80. The number of nitrogens with zero attached hydrogens (tertiary/aromatic N) is 1. The number of ether oxygens (including phenoxy) is 1. The van der Waals surface area contributed by atoms with Gasteiger partial charge < -0.3 is 15.2 Å². The molecule has 0 spiro atoms. The highest BCUT2D eigenvalue weighted by atomic mass is 32.1. The van der Waals surface area contributed by atoms with Gasteiger partial charge in [-0.15, -0.1) is 0 Å². The van der Waals surface area contributed by atoms with E-state index in [0.29, 0.717) is 16.4 Å². The van der Waals surface area contributed by atoms with Gasteiger partial charge in [-0.1, -0.05) is 18.2 Å². The van der Waals surface area contributed by atoms with Crippen molar-refractivity contribution in [2.24, 2.45) is 5.10 Å². The van der Waals surface area contributed by atoms with Gasteiger partial charge in [-0.05, 0) is 42.5 Å². The Bertz CT molecular complexity index is 645. The number of aromatic hydroxyl groups is 1. The Kier molecular flexibility index (Phi) is 5.11. The third kappa shape index (κ3) is 4.47. The number of phenols is 1. The fourth-order valence-corrected chi connectivity index (χ4v) is 1.77. The van der Waals surface area contributed by atoms with Gasteiger partial charge in [0.15, 0.2) is 5.11 Å². The fourth-order valence-electron chi connectivity index (χ4n) is 1.60. The Morgan fingerprint density at radius 2 is 2.00 bits per heavy atom. The average molecular weight is 301 g/mol. The summed E-state index contributed by atoms with van der Waals surface area (Å²) in [6.07, 6.45) is 1.47. The highest BCUT2D eigenvalue weighted by Gasteiger charge is 2.00. The van der Waals surface area contributed by atoms with Crippen LogP contribution in [0, 0.1) is 0 Å². The van der Waals surface area contributed by atoms with E-state index in [1.807, 2.05) is 30.3 Å². The van der Waals surface area contributed by atoms with E-state index in [4.69, 9.17) is 17.0 Å². The summed E-state index contributed by atoms with van der Waals surface area (Å²) in [5.74, 6) is 0.752. The molecule has 0 amide bonds. The molecule has 0 bridgehead atoms. The molecule has 0 saturated carbocycles. The van der Waals surface area contributed by atoms with Crippen molar-refractivity contribution in [1.29, 1.82) is 0 Å². The van der Waals surface area contributed by atoms with E-state index in [0.717, 1.165) is 5.69 Å². The van der Waals surface area contributed by atoms with Gasteiger partial charge >= 0.3 is 0 Å². The maximum Gasteiger partial charge on any atom is 0.191 e. The van der Waals surface area contributed by atoms with Crippen molar-refractivity contribution >= 4 is 29.2 Å². The van der Waals surface area contributed by atoms with Gasteiger partial charge in [-0.25, -0.2) is 0 Å². The van der Waals surface area contributed by atoms with Crippen molar-refractivity contribution < 1.29 is 9.84 Å². The summed E-state index contributed by atoms with van der Waals surface area (Å²) in [5.41, 5.74) is 4.08. The van der Waals surface area contributed by atoms with E-state index < -0.39 is 0 Å². The minimum Gasteiger partial charge on any atom is -0.507 e. The van der Waals surface area contributed by atoms with Crippen molar-refractivity contribution in [3.8, 4) is 11.5 Å². The molecule has 21 heavy (non-hydrogen) atoms. The van der Waals surface area contributed by atoms with Gasteiger partial charge in [0.2, 0.25) is 0 Å². The van der Waals surface area contributed by atoms with E-state index in [1.54, 1.807) is 25.3 Å². The molecule has 2 aromatic carbocycles. The van der Waals surface area contributed by atoms with Gasteiger partial charge in [0.25, 0.3) is 0 Å². The molecule has 0 fully saturated rings. The standard InChI is InChI=1S/C15H15N3O2S/c1-20-13-7-8-14(19)11(9-13)10-16-18-15(21)17-12-5-3-2-4-6-12/h2-10,19H,1H3,(H2,17,18,21)/b16-10+. The second kappa shape index (κ2) is 7.25. The molecule has 0 unspecified atom stereocenters. The predicted octanol–water partition coefficient (Wildman–Crippen LogP) is 2.72. The number of phenolic OH excluding ortho intramolecular Hbond substituents is 1. The van der Waals surface area contributed by atoms with Crippen LogP contribution in [0.5, 0.6) is 11.5 Å². The molecule has 0 aliphatic heterocycles. The van der Waals surface area contributed by atoms with Crippen LogP contribution in [0.25, 0.3) is 0 Å². The fraction of sp³-hybridized carbons (Fsp3) is 0.0667. The molecule has 0 saturated heterocycles. The zero-order valence-corrected chi connectivity index (χ0v) is 12.2. The lowest BCUT2D eigenvalue weighted by Gasteiger charge is -2.06. The molecule has 0 atom stereocenters. The smallest absolute Gasteiger partial charge is 0.191 e. The Morgan fingerprint density at radius 1 is 1.24 bits per heavy atom. The first-order chi connectivity index (χ1) is 10.2. The summed E-state index contributed by atoms with van der Waals surface area (Å²) in [4.78, 5) is 0. The van der Waals surface area contributed by atoms with E-state index >= 15 is 0 Å². The van der Waals surface area contributed by atoms with Crippen molar-refractivity contribution in [1.82, 2.24) is 5.43 Å². The number of hydrogen-bond acceptors (Lipinski definition) is 4. The number of thiocarbonyl (C=S) groups is 1. The maximum absolute atomic E-state index is 9.71. The Hall–Kier alpha value is -2.60. The lowest BCUT2D eigenvalue weighted by Crippen LogP contribution is -2.23. The molecule has 0 radical (unpaired) electrons. The zero-order valence-electron chi connectivity index (χ0n) is 11.4. The number of rotatable bonds is 4. The van der Waals surface area contributed by atoms with E-state index in [-0.39, 0.29) is 5.75 Å². The summed E-state index contributed by atoms with van der Waals surface area (Å²) in [6, 6.07) is 14.4. The maximum atomic E-state index is 9.71. The topological polar surface area (TPSA) is 65.9 Å². The first-order valence-electron chi connectivity index (χ1n) is 6.21. The summed E-state index contributed by atoms with van der Waals surface area (Å²) in [5, 5.41) is 17.0. The van der Waals surface area contributed by atoms with E-state index in [1.165, 1.54) is 6.21 Å². The Balaban J connectivity index is 1.94. The molecule has 5 nitrogen and oxygen atoms in total. The second-order valence-corrected chi connectivity index (χ2v) is 4.52. The molecule has 108 valence electrons. The third-order valence-electron chi connectivity index (χ3n) is 2.64. The number of hydrazone groups is 1. The third-order valence-corrected chi connectivity index (χ3v) is 2.83. The summed E-state index contributed by atoms with van der Waals surface area (Å²) >= 11 is 5.11. The van der Waals surface area contributed by atoms with Crippen molar-refractivity contribution in [3.05, 3.63) is 54.1 Å². The second-order valence-electron chi connectivity index (χ2n) is 4.11. The number of hydrogen-bond donors (Lipinski definition) is 3. The minimum atomic E-state index is 0.114. The van der Waals surface area contributed by atoms with Gasteiger partial charge in [0.05, 0.1) is 13.3 Å². The number of nitrogens with one attached hydrogen (secondary N) is 2. The monoisotopic (exact) mass is 301 g/mol. The summed E-state index contributed by atoms with van der Waals surface area (Å²) in [7, 11) is 1.56. The van der Waals surface area contributed by atoms with Crippen LogP contribution >= 0.6 is 12.2 Å². The first-order valence-corrected chi connectivity index (χ1v) is 6.62. The molecule has 0 heterocycles. The lowest BCUT2D eigenvalue weighted by molar-refractivity contribution is 0.412. The van der Waals surface area contributed by atoms with Crippen LogP contribution in [-0.4, -0.2) is 23.5 Å². The van der Waals surface area contributed by atoms with Crippen molar-refractivity contribution in [2.75, 3.05) is 12.4 Å². The SMILES string of the molecule is COc1ccc(O)c(/C=N/NC(=S)Nc2ccccc2)c1. The van der Waals surface area contributed by atoms with Crippen LogP contribution < -0.4 is 15.5 Å². The van der Waals surface area contributed by atoms with Crippen LogP contribution in [-0.2, 0) is 0 Å². The van der Waals surface area contributed by atoms with Gasteiger partial charge in [0, 0.05) is 11.3 Å². The van der Waals surface area contributed by atoms with Crippen molar-refractivity contribution in [2.45, 2.75) is 0 Å². The quantitative estimate of drug-likeness (QED) is 0.460.